The summed E-state index contributed by atoms with van der Waals surface area (Å²) in [6.07, 6.45) is 17.7. The zero-order chi connectivity index (χ0) is 14.9. The van der Waals surface area contributed by atoms with Crippen LogP contribution in [0.4, 0.5) is 4.39 Å². The van der Waals surface area contributed by atoms with Crippen LogP contribution in [0.3, 0.4) is 0 Å². The van der Waals surface area contributed by atoms with Gasteiger partial charge in [0.25, 0.3) is 5.91 Å². The predicted molar refractivity (Wildman–Crippen MR) is 80.7 cm³/mol. The van der Waals surface area contributed by atoms with Gasteiger partial charge < -0.3 is 5.32 Å². The van der Waals surface area contributed by atoms with Crippen molar-refractivity contribution in [3.63, 3.8) is 0 Å². The maximum atomic E-state index is 12.6. The molecule has 2 nitrogen and oxygen atoms in total. The molecule has 2 aliphatic rings. The molecule has 112 valence electrons. The first-order valence-corrected chi connectivity index (χ1v) is 6.67. The molecule has 4 heteroatoms. The number of halogens is 1. The Hall–Kier alpha value is -0.861. The van der Waals surface area contributed by atoms with Crippen molar-refractivity contribution in [3.05, 3.63) is 99.4 Å². The number of benzene rings is 1. The average Bonchev–Trinajstić information content (AvgIpc) is 3.21. The SMILES string of the molecule is O=C(NC[C]1[CH][CH][CH][CH]1)c1ccc(F)cc1.[CH]1[CH][CH][CH][CH]1.[Fe+2]. The Morgan fingerprint density at radius 1 is 0.864 bits per heavy atom. The van der Waals surface area contributed by atoms with E-state index in [2.05, 4.69) is 5.32 Å². The Kier molecular flexibility index (Phi) is 9.42. The van der Waals surface area contributed by atoms with Gasteiger partial charge in [0.15, 0.2) is 0 Å². The van der Waals surface area contributed by atoms with Crippen LogP contribution in [0.1, 0.15) is 10.4 Å². The summed E-state index contributed by atoms with van der Waals surface area (Å²) >= 11 is 0. The second-order valence-electron chi connectivity index (χ2n) is 4.44. The summed E-state index contributed by atoms with van der Waals surface area (Å²) in [7, 11) is 0. The van der Waals surface area contributed by atoms with Crippen LogP contribution in [-0.4, -0.2) is 12.5 Å². The van der Waals surface area contributed by atoms with Gasteiger partial charge in [-0.1, -0.05) is 0 Å². The van der Waals surface area contributed by atoms with Crippen molar-refractivity contribution in [2.75, 3.05) is 6.54 Å². The topological polar surface area (TPSA) is 29.1 Å². The van der Waals surface area contributed by atoms with E-state index in [1.807, 2.05) is 57.8 Å². The molecular weight excluding hydrogens is 321 g/mol. The van der Waals surface area contributed by atoms with Crippen LogP contribution in [0.5, 0.6) is 0 Å². The van der Waals surface area contributed by atoms with Gasteiger partial charge in [-0.25, -0.2) is 4.39 Å². The number of hydrogen-bond acceptors (Lipinski definition) is 1. The first kappa shape index (κ1) is 19.2. The largest absolute Gasteiger partial charge is 2.00 e. The molecular formula is C18H16FFeNO+2. The summed E-state index contributed by atoms with van der Waals surface area (Å²) in [4.78, 5) is 11.6. The standard InChI is InChI=1S/C13H11FNO.C5H5.Fe/c14-12-7-5-11(6-8-12)13(16)15-9-10-3-1-2-4-10;1-2-4-5-3-1;/h1-8H,9H2,(H,15,16);1-5H;/q;;+2. The Bertz CT molecular complexity index is 418. The van der Waals surface area contributed by atoms with Crippen molar-refractivity contribution < 1.29 is 26.3 Å². The summed E-state index contributed by atoms with van der Waals surface area (Å²) in [5, 5.41) is 2.76. The van der Waals surface area contributed by atoms with Crippen LogP contribution in [0.25, 0.3) is 0 Å². The van der Waals surface area contributed by atoms with E-state index in [1.165, 1.54) is 24.3 Å². The molecule has 22 heavy (non-hydrogen) atoms. The van der Waals surface area contributed by atoms with E-state index in [9.17, 15) is 9.18 Å². The summed E-state index contributed by atoms with van der Waals surface area (Å²) in [6.45, 7) is 0.489. The van der Waals surface area contributed by atoms with Crippen molar-refractivity contribution in [2.24, 2.45) is 0 Å². The fourth-order valence-corrected chi connectivity index (χ4v) is 1.74. The molecule has 1 N–H and O–H groups in total. The van der Waals surface area contributed by atoms with Crippen LogP contribution in [0.2, 0.25) is 0 Å². The first-order valence-electron chi connectivity index (χ1n) is 6.67. The smallest absolute Gasteiger partial charge is 0.351 e. The molecule has 0 aliphatic heterocycles. The first-order chi connectivity index (χ1) is 10.3. The van der Waals surface area contributed by atoms with Gasteiger partial charge in [-0.05, 0) is 82.1 Å². The summed E-state index contributed by atoms with van der Waals surface area (Å²) < 4.78 is 12.6. The van der Waals surface area contributed by atoms with E-state index < -0.39 is 0 Å². The summed E-state index contributed by atoms with van der Waals surface area (Å²) in [5.41, 5.74) is 0.466. The van der Waals surface area contributed by atoms with Crippen LogP contribution < -0.4 is 5.32 Å². The zero-order valence-electron chi connectivity index (χ0n) is 11.9. The van der Waals surface area contributed by atoms with E-state index in [4.69, 9.17) is 0 Å². The van der Waals surface area contributed by atoms with Gasteiger partial charge in [0.2, 0.25) is 0 Å². The number of carbonyl (C=O) groups excluding carboxylic acids is 1. The molecule has 0 aromatic heterocycles. The van der Waals surface area contributed by atoms with E-state index in [-0.39, 0.29) is 28.8 Å². The third kappa shape index (κ3) is 6.93. The number of hydrogen-bond donors (Lipinski definition) is 1. The summed E-state index contributed by atoms with van der Waals surface area (Å²) in [6, 6.07) is 5.49. The Morgan fingerprint density at radius 3 is 1.86 bits per heavy atom. The molecule has 10 radical (unpaired) electrons. The Balaban J connectivity index is 0.000000344. The van der Waals surface area contributed by atoms with Crippen molar-refractivity contribution >= 4 is 5.91 Å². The van der Waals surface area contributed by atoms with Crippen molar-refractivity contribution in [2.45, 2.75) is 0 Å². The Morgan fingerprint density at radius 2 is 1.36 bits per heavy atom. The molecule has 0 atom stereocenters. The number of amides is 1. The third-order valence-corrected chi connectivity index (χ3v) is 2.85. The van der Waals surface area contributed by atoms with Gasteiger partial charge >= 0.3 is 17.1 Å². The predicted octanol–water partition coefficient (Wildman–Crippen LogP) is 2.98. The molecule has 0 unspecified atom stereocenters. The van der Waals surface area contributed by atoms with E-state index in [0.29, 0.717) is 12.1 Å². The third-order valence-electron chi connectivity index (χ3n) is 2.85. The molecule has 1 amide bonds. The van der Waals surface area contributed by atoms with Crippen LogP contribution in [0, 0.1) is 69.5 Å². The minimum atomic E-state index is -0.340. The minimum absolute atomic E-state index is 0. The molecule has 0 heterocycles. The number of nitrogens with one attached hydrogen (secondary N) is 1. The monoisotopic (exact) mass is 337 g/mol. The number of rotatable bonds is 3. The van der Waals surface area contributed by atoms with Gasteiger partial charge in [-0.15, -0.1) is 0 Å². The molecule has 2 aliphatic carbocycles. The normalized spacial score (nSPS) is 17.3. The fraction of sp³-hybridized carbons (Fsp3) is 0.0556. The van der Waals surface area contributed by atoms with Gasteiger partial charge in [-0.3, -0.25) is 4.79 Å². The van der Waals surface area contributed by atoms with E-state index in [0.717, 1.165) is 5.92 Å². The number of carbonyl (C=O) groups is 1. The van der Waals surface area contributed by atoms with E-state index in [1.54, 1.807) is 0 Å². The molecule has 0 spiro atoms. The van der Waals surface area contributed by atoms with Gasteiger partial charge in [-0.2, -0.15) is 0 Å². The molecule has 0 bridgehead atoms. The maximum Gasteiger partial charge on any atom is 2.00 e. The molecule has 3 rings (SSSR count). The Labute approximate surface area is 143 Å². The second kappa shape index (κ2) is 10.8. The van der Waals surface area contributed by atoms with Crippen molar-refractivity contribution in [3.8, 4) is 0 Å². The fourth-order valence-electron chi connectivity index (χ4n) is 1.74. The molecule has 1 aromatic carbocycles. The van der Waals surface area contributed by atoms with Gasteiger partial charge in [0.1, 0.15) is 5.82 Å². The quantitative estimate of drug-likeness (QED) is 0.845. The van der Waals surface area contributed by atoms with Crippen LogP contribution >= 0.6 is 0 Å². The molecule has 0 saturated heterocycles. The zero-order valence-corrected chi connectivity index (χ0v) is 13.0. The van der Waals surface area contributed by atoms with Crippen LogP contribution in [0.15, 0.2) is 24.3 Å². The van der Waals surface area contributed by atoms with Crippen LogP contribution in [-0.2, 0) is 17.1 Å². The second-order valence-corrected chi connectivity index (χ2v) is 4.44. The molecule has 1 aromatic rings. The van der Waals surface area contributed by atoms with Gasteiger partial charge in [0.05, 0.1) is 0 Å². The molecule has 2 saturated carbocycles. The summed E-state index contributed by atoms with van der Waals surface area (Å²) in [5.74, 6) is 0.518. The van der Waals surface area contributed by atoms with Crippen molar-refractivity contribution in [1.29, 1.82) is 0 Å². The van der Waals surface area contributed by atoms with E-state index >= 15 is 0 Å². The van der Waals surface area contributed by atoms with Crippen molar-refractivity contribution in [1.82, 2.24) is 5.32 Å². The minimum Gasteiger partial charge on any atom is -0.351 e. The average molecular weight is 337 g/mol. The molecule has 2 fully saturated rings. The maximum absolute atomic E-state index is 12.6. The van der Waals surface area contributed by atoms with Gasteiger partial charge in [0, 0.05) is 18.0 Å².